The zero-order valence-electron chi connectivity index (χ0n) is 9.48. The summed E-state index contributed by atoms with van der Waals surface area (Å²) >= 11 is 1.28. The summed E-state index contributed by atoms with van der Waals surface area (Å²) in [6, 6.07) is 3.85. The number of ether oxygens (including phenoxy) is 2. The lowest BCUT2D eigenvalue weighted by Crippen LogP contribution is -1.92. The molecule has 17 heavy (non-hydrogen) atoms. The van der Waals surface area contributed by atoms with E-state index in [2.05, 4.69) is 4.98 Å². The molecular formula is C12H11NO3S. The zero-order chi connectivity index (χ0) is 12.0. The van der Waals surface area contributed by atoms with Crippen LogP contribution in [0.3, 0.4) is 0 Å². The number of nitrogens with zero attached hydrogens (tertiary/aromatic N) is 1. The molecule has 0 bridgehead atoms. The molecule has 0 saturated carbocycles. The van der Waals surface area contributed by atoms with Gasteiger partial charge in [-0.15, -0.1) is 0 Å². The first-order chi connectivity index (χ1) is 8.15. The summed E-state index contributed by atoms with van der Waals surface area (Å²) in [6.45, 7) is 4.04. The number of aromatic hydroxyl groups is 1. The van der Waals surface area contributed by atoms with Gasteiger partial charge < -0.3 is 14.6 Å². The van der Waals surface area contributed by atoms with Gasteiger partial charge in [-0.05, 0) is 31.5 Å². The third-order valence-electron chi connectivity index (χ3n) is 2.72. The highest BCUT2D eigenvalue weighted by Crippen LogP contribution is 2.41. The Balaban J connectivity index is 2.14. The van der Waals surface area contributed by atoms with Crippen molar-refractivity contribution in [3.05, 3.63) is 23.4 Å². The van der Waals surface area contributed by atoms with Gasteiger partial charge in [0.2, 0.25) is 6.79 Å². The molecule has 2 aromatic rings. The van der Waals surface area contributed by atoms with Crippen LogP contribution in [0.25, 0.3) is 10.6 Å². The maximum atomic E-state index is 9.59. The molecular weight excluding hydrogens is 238 g/mol. The maximum Gasteiger partial charge on any atom is 0.231 e. The van der Waals surface area contributed by atoms with E-state index in [-0.39, 0.29) is 11.9 Å². The molecule has 1 aromatic heterocycles. The summed E-state index contributed by atoms with van der Waals surface area (Å²) in [6.07, 6.45) is 0. The molecule has 5 heteroatoms. The Bertz CT molecular complexity index is 572. The molecule has 1 aliphatic heterocycles. The van der Waals surface area contributed by atoms with Gasteiger partial charge in [-0.2, -0.15) is 0 Å². The monoisotopic (exact) mass is 249 g/mol. The quantitative estimate of drug-likeness (QED) is 0.844. The fraction of sp³-hybridized carbons (Fsp3) is 0.250. The van der Waals surface area contributed by atoms with Crippen LogP contribution in [0.1, 0.15) is 11.3 Å². The number of thiazole rings is 1. The third kappa shape index (κ3) is 1.63. The lowest BCUT2D eigenvalue weighted by atomic mass is 10.1. The molecule has 0 amide bonds. The molecule has 0 aliphatic carbocycles. The van der Waals surface area contributed by atoms with Crippen molar-refractivity contribution in [2.24, 2.45) is 0 Å². The van der Waals surface area contributed by atoms with Crippen molar-refractivity contribution in [1.82, 2.24) is 4.98 Å². The van der Waals surface area contributed by atoms with E-state index < -0.39 is 0 Å². The predicted molar refractivity (Wildman–Crippen MR) is 64.8 cm³/mol. The van der Waals surface area contributed by atoms with Crippen LogP contribution in [0.5, 0.6) is 16.6 Å². The Kier molecular flexibility index (Phi) is 2.22. The van der Waals surface area contributed by atoms with E-state index in [9.17, 15) is 5.11 Å². The number of rotatable bonds is 1. The van der Waals surface area contributed by atoms with E-state index in [0.717, 1.165) is 27.6 Å². The van der Waals surface area contributed by atoms with Crippen LogP contribution in [0, 0.1) is 13.8 Å². The molecule has 0 fully saturated rings. The van der Waals surface area contributed by atoms with Gasteiger partial charge in [-0.3, -0.25) is 0 Å². The number of hydrogen-bond acceptors (Lipinski definition) is 5. The van der Waals surface area contributed by atoms with E-state index in [1.165, 1.54) is 11.3 Å². The Morgan fingerprint density at radius 2 is 1.94 bits per heavy atom. The summed E-state index contributed by atoms with van der Waals surface area (Å²) in [5.74, 6) is 1.50. The van der Waals surface area contributed by atoms with Crippen molar-refractivity contribution < 1.29 is 14.6 Å². The molecule has 0 saturated heterocycles. The van der Waals surface area contributed by atoms with Crippen LogP contribution in [-0.2, 0) is 0 Å². The summed E-state index contributed by atoms with van der Waals surface area (Å²) in [5, 5.41) is 10.6. The molecule has 0 spiro atoms. The standard InChI is InChI=1S/C12H11NO3S/c1-6-3-9-10(16-5-15-9)4-8(6)11-13-7(2)12(14)17-11/h3-4,14H,5H2,1-2H3. The maximum absolute atomic E-state index is 9.59. The van der Waals surface area contributed by atoms with Gasteiger partial charge in [0.25, 0.3) is 0 Å². The number of benzene rings is 1. The topological polar surface area (TPSA) is 51.6 Å². The van der Waals surface area contributed by atoms with Crippen molar-refractivity contribution in [3.8, 4) is 27.1 Å². The first-order valence-corrected chi connectivity index (χ1v) is 6.04. The lowest BCUT2D eigenvalue weighted by Gasteiger charge is -2.04. The molecule has 1 N–H and O–H groups in total. The van der Waals surface area contributed by atoms with Gasteiger partial charge in [-0.25, -0.2) is 4.98 Å². The lowest BCUT2D eigenvalue weighted by molar-refractivity contribution is 0.174. The highest BCUT2D eigenvalue weighted by atomic mass is 32.1. The normalized spacial score (nSPS) is 13.1. The number of hydrogen-bond donors (Lipinski definition) is 1. The van der Waals surface area contributed by atoms with Gasteiger partial charge in [0.1, 0.15) is 5.01 Å². The fourth-order valence-electron chi connectivity index (χ4n) is 1.78. The van der Waals surface area contributed by atoms with Crippen molar-refractivity contribution in [1.29, 1.82) is 0 Å². The second-order valence-corrected chi connectivity index (χ2v) is 4.91. The summed E-state index contributed by atoms with van der Waals surface area (Å²) < 4.78 is 10.7. The second kappa shape index (κ2) is 3.63. The zero-order valence-corrected chi connectivity index (χ0v) is 10.3. The number of aryl methyl sites for hydroxylation is 2. The highest BCUT2D eigenvalue weighted by Gasteiger charge is 2.18. The SMILES string of the molecule is Cc1cc2c(cc1-c1nc(C)c(O)s1)OCO2. The summed E-state index contributed by atoms with van der Waals surface area (Å²) in [5.41, 5.74) is 2.69. The first kappa shape index (κ1) is 10.4. The van der Waals surface area contributed by atoms with Crippen molar-refractivity contribution in [3.63, 3.8) is 0 Å². The number of aromatic nitrogens is 1. The summed E-state index contributed by atoms with van der Waals surface area (Å²) in [4.78, 5) is 4.34. The molecule has 0 unspecified atom stereocenters. The minimum absolute atomic E-state index is 0.261. The average Bonchev–Trinajstić information content (AvgIpc) is 2.85. The Morgan fingerprint density at radius 3 is 2.59 bits per heavy atom. The molecule has 0 atom stereocenters. The Hall–Kier alpha value is -1.75. The average molecular weight is 249 g/mol. The van der Waals surface area contributed by atoms with Crippen LogP contribution < -0.4 is 9.47 Å². The van der Waals surface area contributed by atoms with Crippen LogP contribution in [0.4, 0.5) is 0 Å². The van der Waals surface area contributed by atoms with Gasteiger partial charge in [0.15, 0.2) is 16.6 Å². The van der Waals surface area contributed by atoms with E-state index in [4.69, 9.17) is 9.47 Å². The smallest absolute Gasteiger partial charge is 0.231 e. The molecule has 1 aromatic carbocycles. The van der Waals surface area contributed by atoms with E-state index in [1.54, 1.807) is 6.92 Å². The van der Waals surface area contributed by atoms with E-state index >= 15 is 0 Å². The Morgan fingerprint density at radius 1 is 1.24 bits per heavy atom. The minimum Gasteiger partial charge on any atom is -0.498 e. The van der Waals surface area contributed by atoms with Crippen LogP contribution in [-0.4, -0.2) is 16.9 Å². The molecule has 0 radical (unpaired) electrons. The number of fused-ring (bicyclic) bond motifs is 1. The fourth-order valence-corrected chi connectivity index (χ4v) is 2.67. The van der Waals surface area contributed by atoms with E-state index in [1.807, 2.05) is 19.1 Å². The molecule has 4 nitrogen and oxygen atoms in total. The first-order valence-electron chi connectivity index (χ1n) is 5.22. The molecule has 2 heterocycles. The largest absolute Gasteiger partial charge is 0.498 e. The molecule has 1 aliphatic rings. The van der Waals surface area contributed by atoms with Gasteiger partial charge in [-0.1, -0.05) is 11.3 Å². The minimum atomic E-state index is 0.261. The van der Waals surface area contributed by atoms with Crippen LogP contribution in [0.15, 0.2) is 12.1 Å². The van der Waals surface area contributed by atoms with Crippen LogP contribution >= 0.6 is 11.3 Å². The van der Waals surface area contributed by atoms with Gasteiger partial charge in [0.05, 0.1) is 5.69 Å². The molecule has 88 valence electrons. The van der Waals surface area contributed by atoms with Crippen molar-refractivity contribution in [2.45, 2.75) is 13.8 Å². The van der Waals surface area contributed by atoms with Crippen molar-refractivity contribution >= 4 is 11.3 Å². The third-order valence-corrected chi connectivity index (χ3v) is 3.72. The molecule has 3 rings (SSSR count). The van der Waals surface area contributed by atoms with Gasteiger partial charge in [0, 0.05) is 5.56 Å². The van der Waals surface area contributed by atoms with Gasteiger partial charge >= 0.3 is 0 Å². The second-order valence-electron chi connectivity index (χ2n) is 3.93. The highest BCUT2D eigenvalue weighted by molar-refractivity contribution is 7.16. The Labute approximate surface area is 102 Å². The summed E-state index contributed by atoms with van der Waals surface area (Å²) in [7, 11) is 0. The van der Waals surface area contributed by atoms with Crippen LogP contribution in [0.2, 0.25) is 0 Å². The van der Waals surface area contributed by atoms with Crippen molar-refractivity contribution in [2.75, 3.05) is 6.79 Å². The predicted octanol–water partition coefficient (Wildman–Crippen LogP) is 2.86. The van der Waals surface area contributed by atoms with E-state index in [0.29, 0.717) is 5.69 Å².